The molecule has 5 heteroatoms. The Morgan fingerprint density at radius 1 is 1.20 bits per heavy atom. The van der Waals surface area contributed by atoms with Crippen molar-refractivity contribution < 1.29 is 4.79 Å². The van der Waals surface area contributed by atoms with E-state index >= 15 is 0 Å². The number of benzene rings is 1. The van der Waals surface area contributed by atoms with Crippen molar-refractivity contribution in [3.63, 3.8) is 0 Å². The van der Waals surface area contributed by atoms with Crippen LogP contribution >= 0.6 is 11.8 Å². The van der Waals surface area contributed by atoms with Crippen LogP contribution in [0.3, 0.4) is 0 Å². The molecule has 20 heavy (non-hydrogen) atoms. The van der Waals surface area contributed by atoms with Gasteiger partial charge in [-0.3, -0.25) is 4.79 Å². The van der Waals surface area contributed by atoms with Crippen LogP contribution in [0.4, 0.5) is 0 Å². The van der Waals surface area contributed by atoms with Crippen LogP contribution in [0.2, 0.25) is 0 Å². The molecule has 1 aliphatic heterocycles. The van der Waals surface area contributed by atoms with Crippen LogP contribution in [-0.4, -0.2) is 55.0 Å². The largest absolute Gasteiger partial charge is 0.351 e. The highest BCUT2D eigenvalue weighted by molar-refractivity contribution is 7.99. The summed E-state index contributed by atoms with van der Waals surface area (Å²) in [4.78, 5) is 14.1. The average molecular weight is 293 g/mol. The molecule has 1 aromatic carbocycles. The highest BCUT2D eigenvalue weighted by Gasteiger charge is 2.09. The van der Waals surface area contributed by atoms with E-state index in [-0.39, 0.29) is 5.91 Å². The lowest BCUT2D eigenvalue weighted by Gasteiger charge is -2.25. The maximum Gasteiger partial charge on any atom is 0.234 e. The number of nitrogens with zero attached hydrogens (tertiary/aromatic N) is 1. The van der Waals surface area contributed by atoms with Crippen LogP contribution in [0, 0.1) is 0 Å². The summed E-state index contributed by atoms with van der Waals surface area (Å²) in [6.45, 7) is 5.26. The number of carbonyl (C=O) groups is 1. The minimum atomic E-state index is 0.0584. The summed E-state index contributed by atoms with van der Waals surface area (Å²) >= 11 is 2.02. The number of hydrogen-bond acceptors (Lipinski definition) is 4. The molecule has 110 valence electrons. The van der Waals surface area contributed by atoms with Crippen LogP contribution in [-0.2, 0) is 11.3 Å². The third kappa shape index (κ3) is 5.94. The smallest absolute Gasteiger partial charge is 0.234 e. The van der Waals surface area contributed by atoms with Gasteiger partial charge in [-0.15, -0.1) is 0 Å². The second-order valence-electron chi connectivity index (χ2n) is 4.89. The summed E-state index contributed by atoms with van der Waals surface area (Å²) in [5, 5.41) is 6.13. The fraction of sp³-hybridized carbons (Fsp3) is 0.533. The van der Waals surface area contributed by atoms with Crippen LogP contribution in [0.1, 0.15) is 5.56 Å². The number of thioether (sulfide) groups is 1. The van der Waals surface area contributed by atoms with E-state index < -0.39 is 0 Å². The Morgan fingerprint density at radius 3 is 2.70 bits per heavy atom. The topological polar surface area (TPSA) is 44.4 Å². The first-order valence-electron chi connectivity index (χ1n) is 7.16. The van der Waals surface area contributed by atoms with Gasteiger partial charge in [-0.25, -0.2) is 0 Å². The van der Waals surface area contributed by atoms with Gasteiger partial charge in [0.05, 0.1) is 6.54 Å². The molecule has 0 atom stereocenters. The monoisotopic (exact) mass is 293 g/mol. The molecule has 1 fully saturated rings. The number of nitrogens with one attached hydrogen (secondary N) is 2. The second-order valence-corrected chi connectivity index (χ2v) is 6.12. The van der Waals surface area contributed by atoms with Crippen molar-refractivity contribution in [3.05, 3.63) is 35.9 Å². The van der Waals surface area contributed by atoms with Gasteiger partial charge in [0.1, 0.15) is 0 Å². The maximum absolute atomic E-state index is 11.7. The van der Waals surface area contributed by atoms with Crippen molar-refractivity contribution >= 4 is 17.7 Å². The zero-order chi connectivity index (χ0) is 14.0. The molecule has 1 aromatic rings. The van der Waals surface area contributed by atoms with Crippen LogP contribution in [0.25, 0.3) is 0 Å². The Bertz CT molecular complexity index is 393. The van der Waals surface area contributed by atoms with Gasteiger partial charge in [-0.05, 0) is 5.56 Å². The highest BCUT2D eigenvalue weighted by Crippen LogP contribution is 2.07. The molecule has 1 heterocycles. The minimum Gasteiger partial charge on any atom is -0.351 e. The summed E-state index contributed by atoms with van der Waals surface area (Å²) in [7, 11) is 0. The van der Waals surface area contributed by atoms with E-state index in [1.54, 1.807) is 0 Å². The van der Waals surface area contributed by atoms with Crippen molar-refractivity contribution in [2.24, 2.45) is 0 Å². The van der Waals surface area contributed by atoms with Gasteiger partial charge < -0.3 is 15.5 Å². The Hall–Kier alpha value is -1.04. The van der Waals surface area contributed by atoms with Gasteiger partial charge >= 0.3 is 0 Å². The summed E-state index contributed by atoms with van der Waals surface area (Å²) in [5.41, 5.74) is 1.13. The van der Waals surface area contributed by atoms with Gasteiger partial charge in [0.2, 0.25) is 5.91 Å². The van der Waals surface area contributed by atoms with Gasteiger partial charge in [-0.2, -0.15) is 11.8 Å². The second kappa shape index (κ2) is 9.00. The van der Waals surface area contributed by atoms with Gasteiger partial charge in [0, 0.05) is 44.2 Å². The van der Waals surface area contributed by atoms with E-state index in [4.69, 9.17) is 0 Å². The zero-order valence-corrected chi connectivity index (χ0v) is 12.6. The summed E-state index contributed by atoms with van der Waals surface area (Å²) in [5.74, 6) is 2.53. The van der Waals surface area contributed by atoms with E-state index in [1.807, 2.05) is 42.1 Å². The molecule has 0 aromatic heterocycles. The molecule has 0 radical (unpaired) electrons. The predicted molar refractivity (Wildman–Crippen MR) is 84.9 cm³/mol. The zero-order valence-electron chi connectivity index (χ0n) is 11.8. The van der Waals surface area contributed by atoms with E-state index in [9.17, 15) is 4.79 Å². The minimum absolute atomic E-state index is 0.0584. The third-order valence-corrected chi connectivity index (χ3v) is 4.27. The highest BCUT2D eigenvalue weighted by atomic mass is 32.2. The first-order valence-corrected chi connectivity index (χ1v) is 8.31. The lowest BCUT2D eigenvalue weighted by Crippen LogP contribution is -2.40. The molecule has 1 saturated heterocycles. The van der Waals surface area contributed by atoms with Crippen LogP contribution in [0.5, 0.6) is 0 Å². The molecular formula is C15H23N3OS. The number of carbonyl (C=O) groups excluding carboxylic acids is 1. The standard InChI is InChI=1S/C15H23N3OS/c19-15(17-12-14-4-2-1-3-5-14)13-16-6-7-18-8-10-20-11-9-18/h1-5,16H,6-13H2,(H,17,19). The Kier molecular flexibility index (Phi) is 6.91. The van der Waals surface area contributed by atoms with E-state index in [1.165, 1.54) is 24.6 Å². The molecule has 1 amide bonds. The SMILES string of the molecule is O=C(CNCCN1CCSCC1)NCc1ccccc1. The van der Waals surface area contributed by atoms with E-state index in [0.717, 1.165) is 18.7 Å². The molecule has 0 saturated carbocycles. The fourth-order valence-corrected chi connectivity index (χ4v) is 3.10. The molecule has 0 aliphatic carbocycles. The Balaban J connectivity index is 1.51. The van der Waals surface area contributed by atoms with Crippen molar-refractivity contribution in [2.45, 2.75) is 6.54 Å². The Labute approximate surface area is 125 Å². The molecule has 2 N–H and O–H groups in total. The third-order valence-electron chi connectivity index (χ3n) is 3.33. The number of rotatable bonds is 7. The quantitative estimate of drug-likeness (QED) is 0.735. The number of hydrogen-bond donors (Lipinski definition) is 2. The average Bonchev–Trinajstić information content (AvgIpc) is 2.52. The molecule has 0 unspecified atom stereocenters. The van der Waals surface area contributed by atoms with Gasteiger partial charge in [0.15, 0.2) is 0 Å². The van der Waals surface area contributed by atoms with Crippen molar-refractivity contribution in [2.75, 3.05) is 44.2 Å². The lowest BCUT2D eigenvalue weighted by molar-refractivity contribution is -0.120. The molecule has 4 nitrogen and oxygen atoms in total. The molecule has 1 aliphatic rings. The molecular weight excluding hydrogens is 270 g/mol. The van der Waals surface area contributed by atoms with Crippen molar-refractivity contribution in [1.29, 1.82) is 0 Å². The molecule has 2 rings (SSSR count). The summed E-state index contributed by atoms with van der Waals surface area (Å²) in [6.07, 6.45) is 0. The lowest BCUT2D eigenvalue weighted by atomic mass is 10.2. The number of amides is 1. The summed E-state index contributed by atoms with van der Waals surface area (Å²) in [6, 6.07) is 9.98. The van der Waals surface area contributed by atoms with Crippen molar-refractivity contribution in [3.8, 4) is 0 Å². The maximum atomic E-state index is 11.7. The fourth-order valence-electron chi connectivity index (χ4n) is 2.12. The van der Waals surface area contributed by atoms with E-state index in [2.05, 4.69) is 15.5 Å². The van der Waals surface area contributed by atoms with Crippen molar-refractivity contribution in [1.82, 2.24) is 15.5 Å². The predicted octanol–water partition coefficient (Wildman–Crippen LogP) is 0.941. The van der Waals surface area contributed by atoms with Crippen LogP contribution < -0.4 is 10.6 Å². The normalized spacial score (nSPS) is 16.0. The Morgan fingerprint density at radius 2 is 1.95 bits per heavy atom. The van der Waals surface area contributed by atoms with Crippen LogP contribution in [0.15, 0.2) is 30.3 Å². The van der Waals surface area contributed by atoms with Gasteiger partial charge in [-0.1, -0.05) is 30.3 Å². The summed E-state index contributed by atoms with van der Waals surface area (Å²) < 4.78 is 0. The first kappa shape index (κ1) is 15.4. The van der Waals surface area contributed by atoms with E-state index in [0.29, 0.717) is 13.1 Å². The van der Waals surface area contributed by atoms with Gasteiger partial charge in [0.25, 0.3) is 0 Å². The first-order chi connectivity index (χ1) is 9.84. The molecule has 0 spiro atoms. The molecule has 0 bridgehead atoms.